The Morgan fingerprint density at radius 3 is 2.22 bits per heavy atom. The van der Waals surface area contributed by atoms with Crippen LogP contribution in [0.5, 0.6) is 0 Å². The summed E-state index contributed by atoms with van der Waals surface area (Å²) in [6.07, 6.45) is 1.70. The van der Waals surface area contributed by atoms with Crippen LogP contribution < -0.4 is 0 Å². The van der Waals surface area contributed by atoms with Gasteiger partial charge in [-0.1, -0.05) is 29.3 Å². The molecule has 0 amide bonds. The lowest BCUT2D eigenvalue weighted by molar-refractivity contribution is 0.0920. The molecule has 0 aliphatic heterocycles. The Morgan fingerprint density at radius 1 is 1.22 bits per heavy atom. The van der Waals surface area contributed by atoms with Crippen molar-refractivity contribution in [2.45, 2.75) is 26.4 Å². The van der Waals surface area contributed by atoms with Crippen molar-refractivity contribution < 1.29 is 5.11 Å². The summed E-state index contributed by atoms with van der Waals surface area (Å²) in [5.41, 5.74) is 2.85. The van der Waals surface area contributed by atoms with Crippen molar-refractivity contribution in [2.24, 2.45) is 7.05 Å². The maximum absolute atomic E-state index is 10.9. The van der Waals surface area contributed by atoms with Crippen molar-refractivity contribution in [3.8, 4) is 0 Å². The molecule has 96 valence electrons. The van der Waals surface area contributed by atoms with E-state index >= 15 is 0 Å². The third kappa shape index (κ3) is 2.22. The molecule has 1 unspecified atom stereocenters. The van der Waals surface area contributed by atoms with Crippen LogP contribution in [0.2, 0.25) is 0 Å². The monoisotopic (exact) mass is 308 g/mol. The van der Waals surface area contributed by atoms with E-state index in [9.17, 15) is 5.11 Å². The van der Waals surface area contributed by atoms with Gasteiger partial charge < -0.3 is 5.11 Å². The van der Waals surface area contributed by atoms with Crippen LogP contribution in [0.3, 0.4) is 0 Å². The smallest absolute Gasteiger partial charge is 0.129 e. The summed E-state index contributed by atoms with van der Waals surface area (Å²) >= 11 is 3.44. The van der Waals surface area contributed by atoms with E-state index in [1.54, 1.807) is 17.8 Å². The van der Waals surface area contributed by atoms with E-state index < -0.39 is 5.60 Å². The van der Waals surface area contributed by atoms with Gasteiger partial charge in [0, 0.05) is 7.05 Å². The predicted octanol–water partition coefficient (Wildman–Crippen LogP) is 3.06. The molecule has 1 heterocycles. The first kappa shape index (κ1) is 13.3. The zero-order valence-electron chi connectivity index (χ0n) is 11.0. The summed E-state index contributed by atoms with van der Waals surface area (Å²) in [4.78, 5) is 0. The molecule has 0 spiro atoms. The summed E-state index contributed by atoms with van der Waals surface area (Å²) in [5, 5.41) is 15.0. The fourth-order valence-corrected chi connectivity index (χ4v) is 3.09. The van der Waals surface area contributed by atoms with Gasteiger partial charge in [0.25, 0.3) is 0 Å². The van der Waals surface area contributed by atoms with Crippen molar-refractivity contribution in [1.29, 1.82) is 0 Å². The molecule has 1 N–H and O–H groups in total. The molecule has 0 radical (unpaired) electrons. The van der Waals surface area contributed by atoms with Gasteiger partial charge in [0.05, 0.1) is 16.4 Å². The fraction of sp³-hybridized carbons (Fsp3) is 0.357. The molecule has 2 aromatic rings. The molecule has 0 fully saturated rings. The van der Waals surface area contributed by atoms with Crippen LogP contribution in [-0.2, 0) is 12.6 Å². The Kier molecular flexibility index (Phi) is 3.34. The average molecular weight is 309 g/mol. The van der Waals surface area contributed by atoms with Gasteiger partial charge in [0.1, 0.15) is 5.60 Å². The number of halogens is 1. The highest BCUT2D eigenvalue weighted by atomic mass is 79.9. The highest BCUT2D eigenvalue weighted by Crippen LogP contribution is 2.34. The van der Waals surface area contributed by atoms with Gasteiger partial charge in [-0.15, -0.1) is 0 Å². The van der Waals surface area contributed by atoms with Gasteiger partial charge in [0.15, 0.2) is 0 Å². The Morgan fingerprint density at radius 2 is 1.78 bits per heavy atom. The summed E-state index contributed by atoms with van der Waals surface area (Å²) < 4.78 is 2.51. The first-order valence-corrected chi connectivity index (χ1v) is 6.61. The Labute approximate surface area is 116 Å². The van der Waals surface area contributed by atoms with Crippen LogP contribution in [0.1, 0.15) is 29.3 Å². The van der Waals surface area contributed by atoms with Crippen LogP contribution in [-0.4, -0.2) is 14.9 Å². The van der Waals surface area contributed by atoms with Gasteiger partial charge in [0.2, 0.25) is 0 Å². The molecule has 1 atom stereocenters. The molecule has 0 aliphatic carbocycles. The second-order valence-corrected chi connectivity index (χ2v) is 5.77. The van der Waals surface area contributed by atoms with E-state index in [4.69, 9.17) is 0 Å². The van der Waals surface area contributed by atoms with Crippen LogP contribution in [0.4, 0.5) is 0 Å². The van der Waals surface area contributed by atoms with Crippen molar-refractivity contribution in [1.82, 2.24) is 9.78 Å². The lowest BCUT2D eigenvalue weighted by Crippen LogP contribution is -2.26. The summed E-state index contributed by atoms with van der Waals surface area (Å²) in [6, 6.07) is 6.11. The summed E-state index contributed by atoms with van der Waals surface area (Å²) in [7, 11) is 1.83. The minimum absolute atomic E-state index is 0.757. The largest absolute Gasteiger partial charge is 0.379 e. The Balaban J connectivity index is 2.61. The Hall–Kier alpha value is -1.13. The molecule has 0 saturated heterocycles. The number of hydrogen-bond donors (Lipinski definition) is 1. The van der Waals surface area contributed by atoms with Gasteiger partial charge in [-0.2, -0.15) is 5.10 Å². The molecule has 1 aromatic carbocycles. The quantitative estimate of drug-likeness (QED) is 0.926. The van der Waals surface area contributed by atoms with Crippen molar-refractivity contribution >= 4 is 15.9 Å². The van der Waals surface area contributed by atoms with E-state index in [0.29, 0.717) is 0 Å². The molecule has 1 aromatic heterocycles. The molecule has 0 saturated carbocycles. The summed E-state index contributed by atoms with van der Waals surface area (Å²) in [5.74, 6) is 0. The van der Waals surface area contributed by atoms with Gasteiger partial charge >= 0.3 is 0 Å². The molecular formula is C14H17BrN2O. The minimum Gasteiger partial charge on any atom is -0.379 e. The second-order valence-electron chi connectivity index (χ2n) is 4.91. The number of nitrogens with zero attached hydrogens (tertiary/aromatic N) is 2. The number of rotatable bonds is 2. The topological polar surface area (TPSA) is 38.1 Å². The average Bonchev–Trinajstić information content (AvgIpc) is 2.57. The molecule has 0 aliphatic rings. The molecule has 18 heavy (non-hydrogen) atoms. The van der Waals surface area contributed by atoms with E-state index in [1.165, 1.54) is 0 Å². The van der Waals surface area contributed by atoms with E-state index in [2.05, 4.69) is 27.1 Å². The first-order chi connectivity index (χ1) is 8.32. The van der Waals surface area contributed by atoms with Crippen molar-refractivity contribution in [2.75, 3.05) is 0 Å². The highest BCUT2D eigenvalue weighted by Gasteiger charge is 2.31. The van der Waals surface area contributed by atoms with E-state index in [0.717, 1.165) is 26.9 Å². The van der Waals surface area contributed by atoms with Crippen LogP contribution in [0.25, 0.3) is 0 Å². The first-order valence-electron chi connectivity index (χ1n) is 5.81. The standard InChI is InChI=1S/C14H17BrN2O/c1-9-5-10(2)7-11(6-9)14(3,18)13-12(15)8-16-17(13)4/h5-8,18H,1-4H3. The van der Waals surface area contributed by atoms with Gasteiger partial charge in [-0.05, 0) is 42.3 Å². The van der Waals surface area contributed by atoms with Crippen molar-refractivity contribution in [3.05, 3.63) is 51.3 Å². The SMILES string of the molecule is Cc1cc(C)cc(C(C)(O)c2c(Br)cnn2C)c1. The summed E-state index contributed by atoms with van der Waals surface area (Å²) in [6.45, 7) is 5.86. The zero-order chi connectivity index (χ0) is 13.5. The number of aromatic nitrogens is 2. The van der Waals surface area contributed by atoms with E-state index in [-0.39, 0.29) is 0 Å². The predicted molar refractivity (Wildman–Crippen MR) is 75.5 cm³/mol. The van der Waals surface area contributed by atoms with Crippen LogP contribution >= 0.6 is 15.9 Å². The molecular weight excluding hydrogens is 292 g/mol. The van der Waals surface area contributed by atoms with Crippen LogP contribution in [0.15, 0.2) is 28.9 Å². The second kappa shape index (κ2) is 4.52. The van der Waals surface area contributed by atoms with Gasteiger partial charge in [-0.25, -0.2) is 0 Å². The molecule has 0 bridgehead atoms. The fourth-order valence-electron chi connectivity index (χ4n) is 2.35. The van der Waals surface area contributed by atoms with Gasteiger partial charge in [-0.3, -0.25) is 4.68 Å². The highest BCUT2D eigenvalue weighted by molar-refractivity contribution is 9.10. The number of hydrogen-bond acceptors (Lipinski definition) is 2. The molecule has 4 heteroatoms. The van der Waals surface area contributed by atoms with Crippen molar-refractivity contribution in [3.63, 3.8) is 0 Å². The van der Waals surface area contributed by atoms with Crippen LogP contribution in [0, 0.1) is 13.8 Å². The maximum Gasteiger partial charge on any atom is 0.129 e. The maximum atomic E-state index is 10.9. The van der Waals surface area contributed by atoms with E-state index in [1.807, 2.05) is 33.0 Å². The number of aliphatic hydroxyl groups is 1. The molecule has 2 rings (SSSR count). The normalized spacial score (nSPS) is 14.6. The number of benzene rings is 1. The third-order valence-corrected chi connectivity index (χ3v) is 3.72. The lowest BCUT2D eigenvalue weighted by Gasteiger charge is -2.25. The third-order valence-electron chi connectivity index (χ3n) is 3.14. The molecule has 3 nitrogen and oxygen atoms in total. The lowest BCUT2D eigenvalue weighted by atomic mass is 9.90. The number of aryl methyl sites for hydroxylation is 3. The zero-order valence-corrected chi connectivity index (χ0v) is 12.6. The Bertz CT molecular complexity index is 548. The minimum atomic E-state index is -1.07.